The zero-order valence-electron chi connectivity index (χ0n) is 15.0. The molecule has 0 amide bonds. The van der Waals surface area contributed by atoms with E-state index < -0.39 is 29.5 Å². The van der Waals surface area contributed by atoms with E-state index in [4.69, 9.17) is 4.74 Å². The van der Waals surface area contributed by atoms with Crippen LogP contribution in [0.3, 0.4) is 0 Å². The highest BCUT2D eigenvalue weighted by atomic mass is 19.1. The van der Waals surface area contributed by atoms with Gasteiger partial charge in [-0.1, -0.05) is 0 Å². The van der Waals surface area contributed by atoms with Crippen LogP contribution in [0.2, 0.25) is 0 Å². The first-order chi connectivity index (χ1) is 14.0. The molecule has 0 bridgehead atoms. The van der Waals surface area contributed by atoms with Crippen LogP contribution in [-0.2, 0) is 0 Å². The molecule has 150 valence electrons. The third-order valence-corrected chi connectivity index (χ3v) is 4.00. The molecule has 29 heavy (non-hydrogen) atoms. The number of aliphatic hydroxyl groups excluding tert-OH is 2. The standard InChI is InChI=1S/C19H17FN4O5/c20-13-3-7-15(8-4-13)29-17-9-10-21-19(23-17)22-16(11-25)18(26)12-1-5-14(6-2-12)24(27)28/h1-10,16,18,25-26H,11H2,(H,21,22,23). The fourth-order valence-electron chi connectivity index (χ4n) is 2.51. The summed E-state index contributed by atoms with van der Waals surface area (Å²) in [4.78, 5) is 18.4. The van der Waals surface area contributed by atoms with E-state index in [0.29, 0.717) is 11.3 Å². The molecule has 3 N–H and O–H groups in total. The van der Waals surface area contributed by atoms with Crippen LogP contribution in [0, 0.1) is 15.9 Å². The largest absolute Gasteiger partial charge is 0.439 e. The van der Waals surface area contributed by atoms with E-state index in [2.05, 4.69) is 15.3 Å². The molecule has 3 aromatic rings. The lowest BCUT2D eigenvalue weighted by Gasteiger charge is -2.22. The summed E-state index contributed by atoms with van der Waals surface area (Å²) in [5, 5.41) is 33.7. The van der Waals surface area contributed by atoms with Crippen molar-refractivity contribution >= 4 is 11.6 Å². The first-order valence-corrected chi connectivity index (χ1v) is 8.52. The Balaban J connectivity index is 1.71. The molecule has 2 unspecified atom stereocenters. The van der Waals surface area contributed by atoms with Gasteiger partial charge >= 0.3 is 0 Å². The van der Waals surface area contributed by atoms with Crippen molar-refractivity contribution in [3.8, 4) is 11.6 Å². The molecule has 1 heterocycles. The molecule has 2 atom stereocenters. The number of hydrogen-bond donors (Lipinski definition) is 3. The minimum absolute atomic E-state index is 0.0876. The number of anilines is 1. The second-order valence-electron chi connectivity index (χ2n) is 6.00. The fourth-order valence-corrected chi connectivity index (χ4v) is 2.51. The number of halogens is 1. The summed E-state index contributed by atoms with van der Waals surface area (Å²) in [5.41, 5.74) is 0.268. The molecule has 0 spiro atoms. The van der Waals surface area contributed by atoms with E-state index in [-0.39, 0.29) is 17.5 Å². The van der Waals surface area contributed by atoms with Crippen LogP contribution in [0.25, 0.3) is 0 Å². The first-order valence-electron chi connectivity index (χ1n) is 8.52. The lowest BCUT2D eigenvalue weighted by Crippen LogP contribution is -2.32. The van der Waals surface area contributed by atoms with Crippen LogP contribution in [0.5, 0.6) is 11.6 Å². The molecule has 2 aromatic carbocycles. The van der Waals surface area contributed by atoms with Gasteiger partial charge in [0.15, 0.2) is 0 Å². The van der Waals surface area contributed by atoms with E-state index in [1.807, 2.05) is 0 Å². The first kappa shape index (κ1) is 20.1. The maximum atomic E-state index is 13.0. The maximum absolute atomic E-state index is 13.0. The number of hydrogen-bond acceptors (Lipinski definition) is 8. The molecule has 3 rings (SSSR count). The Morgan fingerprint density at radius 2 is 1.83 bits per heavy atom. The third-order valence-electron chi connectivity index (χ3n) is 4.00. The number of nitro groups is 1. The number of non-ortho nitro benzene ring substituents is 1. The van der Waals surface area contributed by atoms with Gasteiger partial charge in [-0.05, 0) is 42.0 Å². The molecule has 0 radical (unpaired) electrons. The topological polar surface area (TPSA) is 131 Å². The quantitative estimate of drug-likeness (QED) is 0.389. The van der Waals surface area contributed by atoms with Crippen LogP contribution in [0.15, 0.2) is 60.8 Å². The fraction of sp³-hybridized carbons (Fsp3) is 0.158. The second-order valence-corrected chi connectivity index (χ2v) is 6.00. The lowest BCUT2D eigenvalue weighted by molar-refractivity contribution is -0.384. The highest BCUT2D eigenvalue weighted by Gasteiger charge is 2.22. The molecule has 0 aliphatic heterocycles. The number of benzene rings is 2. The molecule has 10 heteroatoms. The van der Waals surface area contributed by atoms with Crippen LogP contribution in [0.1, 0.15) is 11.7 Å². The van der Waals surface area contributed by atoms with Gasteiger partial charge in [0.25, 0.3) is 5.69 Å². The van der Waals surface area contributed by atoms with Gasteiger partial charge in [0.2, 0.25) is 11.8 Å². The minimum atomic E-state index is -1.17. The summed E-state index contributed by atoms with van der Waals surface area (Å²) in [6.45, 7) is -0.454. The van der Waals surface area contributed by atoms with Gasteiger partial charge in [0.05, 0.1) is 17.6 Å². The third kappa shape index (κ3) is 5.21. The zero-order valence-corrected chi connectivity index (χ0v) is 15.0. The average molecular weight is 400 g/mol. The Kier molecular flexibility index (Phi) is 6.27. The Morgan fingerprint density at radius 1 is 1.14 bits per heavy atom. The van der Waals surface area contributed by atoms with Crippen molar-refractivity contribution in [2.24, 2.45) is 0 Å². The van der Waals surface area contributed by atoms with Crippen LogP contribution >= 0.6 is 0 Å². The van der Waals surface area contributed by atoms with E-state index in [1.165, 1.54) is 60.8 Å². The van der Waals surface area contributed by atoms with Gasteiger partial charge in [-0.25, -0.2) is 9.37 Å². The molecule has 0 fully saturated rings. The van der Waals surface area contributed by atoms with Gasteiger partial charge in [-0.15, -0.1) is 0 Å². The summed E-state index contributed by atoms with van der Waals surface area (Å²) >= 11 is 0. The van der Waals surface area contributed by atoms with Crippen LogP contribution in [-0.4, -0.2) is 37.8 Å². The van der Waals surface area contributed by atoms with Crippen molar-refractivity contribution in [1.29, 1.82) is 0 Å². The average Bonchev–Trinajstić information content (AvgIpc) is 2.73. The SMILES string of the molecule is O=[N+]([O-])c1ccc(C(O)C(CO)Nc2nccc(Oc3ccc(F)cc3)n2)cc1. The monoisotopic (exact) mass is 400 g/mol. The van der Waals surface area contributed by atoms with Gasteiger partial charge in [-0.3, -0.25) is 10.1 Å². The predicted octanol–water partition coefficient (Wildman–Crippen LogP) is 2.82. The summed E-state index contributed by atoms with van der Waals surface area (Å²) in [6.07, 6.45) is 0.243. The Hall–Kier alpha value is -3.63. The molecule has 0 saturated carbocycles. The van der Waals surface area contributed by atoms with E-state index in [1.54, 1.807) is 0 Å². The van der Waals surface area contributed by atoms with E-state index in [0.717, 1.165) is 0 Å². The van der Waals surface area contributed by atoms with Crippen molar-refractivity contribution in [3.63, 3.8) is 0 Å². The van der Waals surface area contributed by atoms with Crippen LogP contribution in [0.4, 0.5) is 16.0 Å². The second kappa shape index (κ2) is 9.04. The molecule has 0 aliphatic rings. The summed E-state index contributed by atoms with van der Waals surface area (Å²) in [5.74, 6) is 0.245. The van der Waals surface area contributed by atoms with Crippen molar-refractivity contribution in [2.75, 3.05) is 11.9 Å². The number of nitrogens with zero attached hydrogens (tertiary/aromatic N) is 3. The Labute approximate surface area is 164 Å². The molecule has 0 aliphatic carbocycles. The van der Waals surface area contributed by atoms with Gasteiger partial charge in [0.1, 0.15) is 17.7 Å². The summed E-state index contributed by atoms with van der Waals surface area (Å²) in [7, 11) is 0. The number of ether oxygens (including phenoxy) is 1. The number of rotatable bonds is 8. The van der Waals surface area contributed by atoms with E-state index >= 15 is 0 Å². The number of nitro benzene ring substituents is 1. The number of aliphatic hydroxyl groups is 2. The number of nitrogens with one attached hydrogen (secondary N) is 1. The minimum Gasteiger partial charge on any atom is -0.439 e. The van der Waals surface area contributed by atoms with Gasteiger partial charge in [-0.2, -0.15) is 4.98 Å². The van der Waals surface area contributed by atoms with Crippen LogP contribution < -0.4 is 10.1 Å². The van der Waals surface area contributed by atoms with Crippen molar-refractivity contribution in [1.82, 2.24) is 9.97 Å². The lowest BCUT2D eigenvalue weighted by atomic mass is 10.0. The molecular weight excluding hydrogens is 383 g/mol. The Bertz CT molecular complexity index is 969. The molecular formula is C19H17FN4O5. The predicted molar refractivity (Wildman–Crippen MR) is 101 cm³/mol. The van der Waals surface area contributed by atoms with Gasteiger partial charge in [0, 0.05) is 24.4 Å². The smallest absolute Gasteiger partial charge is 0.269 e. The number of aromatic nitrogens is 2. The van der Waals surface area contributed by atoms with E-state index in [9.17, 15) is 24.7 Å². The molecule has 1 aromatic heterocycles. The van der Waals surface area contributed by atoms with Gasteiger partial charge < -0.3 is 20.3 Å². The Morgan fingerprint density at radius 3 is 2.45 bits per heavy atom. The molecule has 9 nitrogen and oxygen atoms in total. The summed E-state index contributed by atoms with van der Waals surface area (Å²) < 4.78 is 18.5. The molecule has 0 saturated heterocycles. The maximum Gasteiger partial charge on any atom is 0.269 e. The zero-order chi connectivity index (χ0) is 20.8. The highest BCUT2D eigenvalue weighted by Crippen LogP contribution is 2.24. The van der Waals surface area contributed by atoms with Crippen molar-refractivity contribution < 1.29 is 24.3 Å². The summed E-state index contributed by atoms with van der Waals surface area (Å²) in [6, 6.07) is 11.3. The van der Waals surface area contributed by atoms with Crippen molar-refractivity contribution in [2.45, 2.75) is 12.1 Å². The highest BCUT2D eigenvalue weighted by molar-refractivity contribution is 5.37. The van der Waals surface area contributed by atoms with Crippen molar-refractivity contribution in [3.05, 3.63) is 82.3 Å². The normalized spacial score (nSPS) is 12.8.